The predicted molar refractivity (Wildman–Crippen MR) is 124 cm³/mol. The standard InChI is InChI=1S/C29H17F3O/c1-2-17-33-25-14-12-23(28(31)19-25)11-9-21-5-3-20(4-6-21)7-8-22-10-15-26-24(18-22)13-16-27(30)29(26)32/h2-6,10,12-16,18-19H,1,17H2. The molecule has 0 atom stereocenters. The molecule has 0 N–H and O–H groups in total. The molecule has 160 valence electrons. The SMILES string of the molecule is C=CCOc1ccc(C#Cc2ccc(C#Cc3ccc4c(F)c(F)ccc4c3)cc2)c(F)c1. The average molecular weight is 438 g/mol. The molecule has 0 aliphatic heterocycles. The van der Waals surface area contributed by atoms with Crippen LogP contribution in [0, 0.1) is 41.1 Å². The highest BCUT2D eigenvalue weighted by Crippen LogP contribution is 2.21. The normalized spacial score (nSPS) is 10.0. The highest BCUT2D eigenvalue weighted by Gasteiger charge is 2.06. The van der Waals surface area contributed by atoms with Gasteiger partial charge in [-0.2, -0.15) is 0 Å². The van der Waals surface area contributed by atoms with Gasteiger partial charge in [0.15, 0.2) is 11.6 Å². The number of hydrogen-bond acceptors (Lipinski definition) is 1. The van der Waals surface area contributed by atoms with Crippen LogP contribution in [-0.4, -0.2) is 6.61 Å². The fraction of sp³-hybridized carbons (Fsp3) is 0.0345. The van der Waals surface area contributed by atoms with Crippen LogP contribution in [0.1, 0.15) is 22.3 Å². The molecule has 0 amide bonds. The monoisotopic (exact) mass is 438 g/mol. The molecule has 0 spiro atoms. The maximum Gasteiger partial charge on any atom is 0.166 e. The molecule has 4 aromatic rings. The fourth-order valence-corrected chi connectivity index (χ4v) is 3.11. The van der Waals surface area contributed by atoms with E-state index in [4.69, 9.17) is 4.74 Å². The molecule has 0 bridgehead atoms. The Morgan fingerprint density at radius 2 is 1.36 bits per heavy atom. The molecule has 4 aromatic carbocycles. The highest BCUT2D eigenvalue weighted by molar-refractivity contribution is 5.84. The van der Waals surface area contributed by atoms with Gasteiger partial charge in [0.2, 0.25) is 0 Å². The summed E-state index contributed by atoms with van der Waals surface area (Å²) in [7, 11) is 0. The van der Waals surface area contributed by atoms with Gasteiger partial charge < -0.3 is 4.74 Å². The Kier molecular flexibility index (Phi) is 6.48. The summed E-state index contributed by atoms with van der Waals surface area (Å²) < 4.78 is 46.6. The Balaban J connectivity index is 1.48. The van der Waals surface area contributed by atoms with Gasteiger partial charge in [0.05, 0.1) is 5.56 Å². The second-order valence-electron chi connectivity index (χ2n) is 7.12. The molecule has 0 saturated carbocycles. The van der Waals surface area contributed by atoms with Crippen LogP contribution in [0.4, 0.5) is 13.2 Å². The summed E-state index contributed by atoms with van der Waals surface area (Å²) >= 11 is 0. The molecular weight excluding hydrogens is 421 g/mol. The number of hydrogen-bond donors (Lipinski definition) is 0. The van der Waals surface area contributed by atoms with Crippen molar-refractivity contribution in [1.29, 1.82) is 0 Å². The number of fused-ring (bicyclic) bond motifs is 1. The lowest BCUT2D eigenvalue weighted by molar-refractivity contribution is 0.361. The molecule has 0 radical (unpaired) electrons. The summed E-state index contributed by atoms with van der Waals surface area (Å²) in [6, 6.07) is 19.3. The van der Waals surface area contributed by atoms with Gasteiger partial charge in [0.25, 0.3) is 0 Å². The fourth-order valence-electron chi connectivity index (χ4n) is 3.11. The molecule has 0 aliphatic carbocycles. The third-order valence-electron chi connectivity index (χ3n) is 4.79. The zero-order valence-corrected chi connectivity index (χ0v) is 17.5. The lowest BCUT2D eigenvalue weighted by atomic mass is 10.1. The van der Waals surface area contributed by atoms with Crippen molar-refractivity contribution in [1.82, 2.24) is 0 Å². The number of halogens is 3. The minimum absolute atomic E-state index is 0.221. The second-order valence-corrected chi connectivity index (χ2v) is 7.12. The van der Waals surface area contributed by atoms with Gasteiger partial charge in [-0.15, -0.1) is 0 Å². The molecule has 0 saturated heterocycles. The maximum absolute atomic E-state index is 14.2. The van der Waals surface area contributed by atoms with Crippen molar-refractivity contribution < 1.29 is 17.9 Å². The first-order valence-electron chi connectivity index (χ1n) is 10.1. The van der Waals surface area contributed by atoms with Gasteiger partial charge in [0.1, 0.15) is 18.2 Å². The van der Waals surface area contributed by atoms with Crippen LogP contribution >= 0.6 is 0 Å². The van der Waals surface area contributed by atoms with E-state index in [0.717, 1.165) is 17.2 Å². The van der Waals surface area contributed by atoms with Crippen molar-refractivity contribution >= 4 is 10.8 Å². The second kappa shape index (κ2) is 9.81. The number of benzene rings is 4. The van der Waals surface area contributed by atoms with E-state index < -0.39 is 17.5 Å². The van der Waals surface area contributed by atoms with Crippen molar-refractivity contribution in [3.8, 4) is 29.4 Å². The number of ether oxygens (including phenoxy) is 1. The van der Waals surface area contributed by atoms with E-state index in [9.17, 15) is 13.2 Å². The Hall–Kier alpha value is -4.41. The van der Waals surface area contributed by atoms with Gasteiger partial charge in [-0.25, -0.2) is 13.2 Å². The number of rotatable bonds is 3. The molecule has 1 nitrogen and oxygen atoms in total. The molecule has 0 aliphatic rings. The van der Waals surface area contributed by atoms with Crippen LogP contribution in [0.3, 0.4) is 0 Å². The summed E-state index contributed by atoms with van der Waals surface area (Å²) in [4.78, 5) is 0. The van der Waals surface area contributed by atoms with Gasteiger partial charge in [-0.05, 0) is 60.0 Å². The summed E-state index contributed by atoms with van der Waals surface area (Å²) in [5.41, 5.74) is 2.45. The van der Waals surface area contributed by atoms with E-state index in [0.29, 0.717) is 23.3 Å². The van der Waals surface area contributed by atoms with E-state index >= 15 is 0 Å². The van der Waals surface area contributed by atoms with E-state index in [2.05, 4.69) is 30.3 Å². The smallest absolute Gasteiger partial charge is 0.166 e. The first-order chi connectivity index (χ1) is 16.0. The van der Waals surface area contributed by atoms with E-state index in [1.54, 1.807) is 42.5 Å². The van der Waals surface area contributed by atoms with Crippen LogP contribution in [-0.2, 0) is 0 Å². The summed E-state index contributed by atoms with van der Waals surface area (Å²) in [6.45, 7) is 3.86. The van der Waals surface area contributed by atoms with Crippen molar-refractivity contribution in [3.05, 3.63) is 125 Å². The zero-order chi connectivity index (χ0) is 23.2. The Labute approximate surface area is 190 Å². The largest absolute Gasteiger partial charge is 0.489 e. The van der Waals surface area contributed by atoms with Crippen molar-refractivity contribution in [2.24, 2.45) is 0 Å². The van der Waals surface area contributed by atoms with E-state index in [1.807, 2.05) is 12.1 Å². The molecule has 0 aromatic heterocycles. The van der Waals surface area contributed by atoms with E-state index in [-0.39, 0.29) is 10.9 Å². The average Bonchev–Trinajstić information content (AvgIpc) is 2.84. The molecule has 0 unspecified atom stereocenters. The third kappa shape index (κ3) is 5.26. The molecule has 0 fully saturated rings. The molecule has 4 rings (SSSR count). The van der Waals surface area contributed by atoms with Crippen LogP contribution < -0.4 is 4.74 Å². The Morgan fingerprint density at radius 1 is 0.697 bits per heavy atom. The van der Waals surface area contributed by atoms with Crippen molar-refractivity contribution in [3.63, 3.8) is 0 Å². The van der Waals surface area contributed by atoms with Crippen molar-refractivity contribution in [2.45, 2.75) is 0 Å². The maximum atomic E-state index is 14.2. The van der Waals surface area contributed by atoms with Crippen LogP contribution in [0.25, 0.3) is 10.8 Å². The minimum Gasteiger partial charge on any atom is -0.489 e. The predicted octanol–water partition coefficient (Wildman–Crippen LogP) is 6.62. The molecule has 4 heteroatoms. The van der Waals surface area contributed by atoms with Gasteiger partial charge >= 0.3 is 0 Å². The Morgan fingerprint density at radius 3 is 2.06 bits per heavy atom. The third-order valence-corrected chi connectivity index (χ3v) is 4.79. The molecule has 0 heterocycles. The van der Waals surface area contributed by atoms with Gasteiger partial charge in [0, 0.05) is 28.1 Å². The first kappa shape index (κ1) is 21.8. The summed E-state index contributed by atoms with van der Waals surface area (Å²) in [5.74, 6) is 10.0. The van der Waals surface area contributed by atoms with Gasteiger partial charge in [-0.3, -0.25) is 0 Å². The molecular formula is C29H17F3O. The topological polar surface area (TPSA) is 9.23 Å². The first-order valence-corrected chi connectivity index (χ1v) is 10.1. The van der Waals surface area contributed by atoms with Crippen LogP contribution in [0.5, 0.6) is 5.75 Å². The van der Waals surface area contributed by atoms with E-state index in [1.165, 1.54) is 18.2 Å². The van der Waals surface area contributed by atoms with Crippen LogP contribution in [0.2, 0.25) is 0 Å². The summed E-state index contributed by atoms with van der Waals surface area (Å²) in [6.07, 6.45) is 1.59. The minimum atomic E-state index is -0.873. The molecule has 33 heavy (non-hydrogen) atoms. The zero-order valence-electron chi connectivity index (χ0n) is 17.5. The van der Waals surface area contributed by atoms with Crippen molar-refractivity contribution in [2.75, 3.05) is 6.61 Å². The summed E-state index contributed by atoms with van der Waals surface area (Å²) in [5, 5.41) is 0.803. The lowest BCUT2D eigenvalue weighted by Crippen LogP contribution is -1.94. The highest BCUT2D eigenvalue weighted by atomic mass is 19.2. The van der Waals surface area contributed by atoms with Crippen LogP contribution in [0.15, 0.2) is 85.5 Å². The quantitative estimate of drug-likeness (QED) is 0.258. The van der Waals surface area contributed by atoms with Gasteiger partial charge in [-0.1, -0.05) is 48.5 Å². The Bertz CT molecular complexity index is 1460. The lowest BCUT2D eigenvalue weighted by Gasteiger charge is -2.03.